The fourth-order valence-electron chi connectivity index (χ4n) is 3.32. The third-order valence-corrected chi connectivity index (χ3v) is 5.27. The van der Waals surface area contributed by atoms with E-state index in [1.54, 1.807) is 7.11 Å². The summed E-state index contributed by atoms with van der Waals surface area (Å²) in [5.41, 5.74) is 7.75. The average molecular weight is 419 g/mol. The molecule has 0 radical (unpaired) electrons. The molecule has 8 nitrogen and oxygen atoms in total. The number of ether oxygens (including phenoxy) is 1. The number of hydrogen-bond acceptors (Lipinski definition) is 8. The molecule has 1 aliphatic carbocycles. The second-order valence-corrected chi connectivity index (χ2v) is 7.30. The van der Waals surface area contributed by atoms with E-state index >= 15 is 0 Å². The molecule has 2 aromatic rings. The minimum absolute atomic E-state index is 0.0459. The van der Waals surface area contributed by atoms with Crippen LogP contribution in [0.15, 0.2) is 18.2 Å². The summed E-state index contributed by atoms with van der Waals surface area (Å²) in [5, 5.41) is 32.8. The Morgan fingerprint density at radius 3 is 2.66 bits per heavy atom. The van der Waals surface area contributed by atoms with Gasteiger partial charge in [-0.15, -0.1) is 0 Å². The van der Waals surface area contributed by atoms with Crippen LogP contribution in [-0.4, -0.2) is 57.3 Å². The molecule has 9 heteroatoms. The van der Waals surface area contributed by atoms with Gasteiger partial charge in [0.2, 0.25) is 5.95 Å². The monoisotopic (exact) mass is 418 g/mol. The molecule has 1 saturated carbocycles. The summed E-state index contributed by atoms with van der Waals surface area (Å²) in [6.45, 7) is 1.69. The number of aliphatic hydroxyl groups is 3. The number of nitrogen functional groups attached to an aromatic ring is 1. The molecule has 4 atom stereocenters. The SMILES string of the molecule is COc1ccc(C#Cc2c(Cl)nc(N)nc2N[C@@H]2C[C@H](CO)[C@@H](O)[C@H]2O)c(C)c1. The predicted molar refractivity (Wildman–Crippen MR) is 110 cm³/mol. The van der Waals surface area contributed by atoms with Crippen molar-refractivity contribution in [1.82, 2.24) is 9.97 Å². The number of benzene rings is 1. The van der Waals surface area contributed by atoms with Crippen molar-refractivity contribution in [2.24, 2.45) is 5.92 Å². The quantitative estimate of drug-likeness (QED) is 0.366. The number of halogens is 1. The Bertz CT molecular complexity index is 959. The highest BCUT2D eigenvalue weighted by molar-refractivity contribution is 6.31. The maximum absolute atomic E-state index is 10.3. The standard InChI is InChI=1S/C20H23ClN4O4/c1-10-7-13(29-2)5-3-11(10)4-6-14-18(21)24-20(22)25-19(14)23-15-8-12(9-26)16(27)17(15)28/h3,5,7,12,15-17,26-28H,8-9H2,1-2H3,(H3,22,23,24,25)/t12-,15-,16-,17+/m1/s1. The number of aromatic nitrogens is 2. The van der Waals surface area contributed by atoms with Crippen LogP contribution in [0.1, 0.15) is 23.1 Å². The summed E-state index contributed by atoms with van der Waals surface area (Å²) in [6, 6.07) is 4.97. The maximum Gasteiger partial charge on any atom is 0.223 e. The van der Waals surface area contributed by atoms with Gasteiger partial charge in [-0.3, -0.25) is 0 Å². The lowest BCUT2D eigenvalue weighted by molar-refractivity contribution is 0.00445. The van der Waals surface area contributed by atoms with Gasteiger partial charge in [-0.2, -0.15) is 9.97 Å². The molecular formula is C20H23ClN4O4. The molecule has 0 spiro atoms. The molecule has 1 fully saturated rings. The van der Waals surface area contributed by atoms with E-state index in [9.17, 15) is 15.3 Å². The summed E-state index contributed by atoms with van der Waals surface area (Å²) in [6.07, 6.45) is -1.76. The maximum atomic E-state index is 10.3. The number of aryl methyl sites for hydroxylation is 1. The van der Waals surface area contributed by atoms with E-state index in [1.807, 2.05) is 25.1 Å². The van der Waals surface area contributed by atoms with Gasteiger partial charge in [0.1, 0.15) is 23.2 Å². The molecule has 1 heterocycles. The first kappa shape index (κ1) is 21.1. The average Bonchev–Trinajstić information content (AvgIpc) is 2.96. The first-order valence-corrected chi connectivity index (χ1v) is 9.45. The molecule has 154 valence electrons. The second-order valence-electron chi connectivity index (χ2n) is 6.94. The number of aliphatic hydroxyl groups excluding tert-OH is 3. The number of rotatable bonds is 4. The zero-order valence-corrected chi connectivity index (χ0v) is 16.8. The molecule has 1 aliphatic rings. The van der Waals surface area contributed by atoms with Gasteiger partial charge >= 0.3 is 0 Å². The molecule has 1 aromatic carbocycles. The van der Waals surface area contributed by atoms with Gasteiger partial charge in [-0.1, -0.05) is 23.4 Å². The van der Waals surface area contributed by atoms with Crippen LogP contribution in [0.25, 0.3) is 0 Å². The second kappa shape index (κ2) is 8.84. The fraction of sp³-hybridized carbons (Fsp3) is 0.400. The number of hydrogen-bond donors (Lipinski definition) is 5. The molecule has 0 aliphatic heterocycles. The number of nitrogens with zero attached hydrogens (tertiary/aromatic N) is 2. The Morgan fingerprint density at radius 1 is 1.28 bits per heavy atom. The summed E-state index contributed by atoms with van der Waals surface area (Å²) in [5.74, 6) is 6.52. The van der Waals surface area contributed by atoms with E-state index in [1.165, 1.54) is 0 Å². The smallest absolute Gasteiger partial charge is 0.223 e. The lowest BCUT2D eigenvalue weighted by Gasteiger charge is -2.19. The minimum atomic E-state index is -1.08. The number of nitrogens with one attached hydrogen (secondary N) is 1. The van der Waals surface area contributed by atoms with Gasteiger partial charge in [0.15, 0.2) is 5.15 Å². The van der Waals surface area contributed by atoms with Crippen molar-refractivity contribution in [1.29, 1.82) is 0 Å². The minimum Gasteiger partial charge on any atom is -0.497 e. The Morgan fingerprint density at radius 2 is 2.03 bits per heavy atom. The van der Waals surface area contributed by atoms with Crippen molar-refractivity contribution in [3.8, 4) is 17.6 Å². The Hall–Kier alpha value is -2.57. The van der Waals surface area contributed by atoms with E-state index in [0.717, 1.165) is 16.9 Å². The third kappa shape index (κ3) is 4.54. The van der Waals surface area contributed by atoms with Crippen molar-refractivity contribution >= 4 is 23.4 Å². The zero-order valence-electron chi connectivity index (χ0n) is 16.1. The number of nitrogens with two attached hydrogens (primary N) is 1. The summed E-state index contributed by atoms with van der Waals surface area (Å²) < 4.78 is 5.20. The van der Waals surface area contributed by atoms with Crippen LogP contribution in [0.5, 0.6) is 5.75 Å². The highest BCUT2D eigenvalue weighted by Crippen LogP contribution is 2.30. The van der Waals surface area contributed by atoms with E-state index in [4.69, 9.17) is 22.1 Å². The van der Waals surface area contributed by atoms with E-state index in [0.29, 0.717) is 12.0 Å². The van der Waals surface area contributed by atoms with Gasteiger partial charge in [0.25, 0.3) is 0 Å². The van der Waals surface area contributed by atoms with E-state index < -0.39 is 24.2 Å². The van der Waals surface area contributed by atoms with Crippen molar-refractivity contribution in [3.05, 3.63) is 40.0 Å². The first-order valence-electron chi connectivity index (χ1n) is 9.07. The lowest BCUT2D eigenvalue weighted by atomic mass is 10.1. The molecule has 0 amide bonds. The lowest BCUT2D eigenvalue weighted by Crippen LogP contribution is -2.35. The number of methoxy groups -OCH3 is 1. The van der Waals surface area contributed by atoms with Crippen LogP contribution in [0, 0.1) is 24.7 Å². The van der Waals surface area contributed by atoms with Gasteiger partial charge in [-0.25, -0.2) is 0 Å². The largest absolute Gasteiger partial charge is 0.497 e. The Kier molecular flexibility index (Phi) is 6.45. The predicted octanol–water partition coefficient (Wildman–Crippen LogP) is 0.944. The molecular weight excluding hydrogens is 396 g/mol. The molecule has 0 saturated heterocycles. The first-order chi connectivity index (χ1) is 13.8. The molecule has 6 N–H and O–H groups in total. The van der Waals surface area contributed by atoms with Crippen LogP contribution in [0.2, 0.25) is 5.15 Å². The molecule has 1 aromatic heterocycles. The topological polar surface area (TPSA) is 134 Å². The Labute approximate surface area is 173 Å². The highest BCUT2D eigenvalue weighted by atomic mass is 35.5. The number of anilines is 2. The van der Waals surface area contributed by atoms with Crippen LogP contribution in [0.3, 0.4) is 0 Å². The van der Waals surface area contributed by atoms with E-state index in [-0.39, 0.29) is 23.5 Å². The summed E-state index contributed by atoms with van der Waals surface area (Å²) in [4.78, 5) is 8.12. The van der Waals surface area contributed by atoms with Gasteiger partial charge in [0, 0.05) is 18.1 Å². The zero-order chi connectivity index (χ0) is 21.1. The van der Waals surface area contributed by atoms with Crippen molar-refractivity contribution in [3.63, 3.8) is 0 Å². The molecule has 0 bridgehead atoms. The normalized spacial score (nSPS) is 23.4. The highest BCUT2D eigenvalue weighted by Gasteiger charge is 2.41. The van der Waals surface area contributed by atoms with Crippen LogP contribution in [0.4, 0.5) is 11.8 Å². The van der Waals surface area contributed by atoms with Gasteiger partial charge in [-0.05, 0) is 37.1 Å². The molecule has 3 rings (SSSR count). The van der Waals surface area contributed by atoms with E-state index in [2.05, 4.69) is 27.1 Å². The fourth-order valence-corrected chi connectivity index (χ4v) is 3.55. The van der Waals surface area contributed by atoms with Gasteiger partial charge < -0.3 is 31.1 Å². The summed E-state index contributed by atoms with van der Waals surface area (Å²) in [7, 11) is 1.60. The van der Waals surface area contributed by atoms with Crippen molar-refractivity contribution in [2.75, 3.05) is 24.8 Å². The molecule has 29 heavy (non-hydrogen) atoms. The van der Waals surface area contributed by atoms with Crippen molar-refractivity contribution in [2.45, 2.75) is 31.6 Å². The van der Waals surface area contributed by atoms with Crippen LogP contribution >= 0.6 is 11.6 Å². The van der Waals surface area contributed by atoms with Crippen LogP contribution in [-0.2, 0) is 0 Å². The Balaban J connectivity index is 1.93. The van der Waals surface area contributed by atoms with Gasteiger partial charge in [0.05, 0.1) is 19.3 Å². The van der Waals surface area contributed by atoms with Crippen LogP contribution < -0.4 is 15.8 Å². The summed E-state index contributed by atoms with van der Waals surface area (Å²) >= 11 is 6.25. The third-order valence-electron chi connectivity index (χ3n) is 5.00. The van der Waals surface area contributed by atoms with Crippen molar-refractivity contribution < 1.29 is 20.1 Å². The molecule has 0 unspecified atom stereocenters.